The second kappa shape index (κ2) is 9.81. The van der Waals surface area contributed by atoms with Gasteiger partial charge in [0.1, 0.15) is 0 Å². The van der Waals surface area contributed by atoms with Gasteiger partial charge in [-0.3, -0.25) is 0 Å². The minimum absolute atomic E-state index is 0. The SMILES string of the molecule is C[C](C)=[Zr+2].Cc1cc2c([c-]c1C1=CC=CC1)Cc1ccccc1-2.[Cl-].[Cl-]. The molecule has 3 heteroatoms. The van der Waals surface area contributed by atoms with Gasteiger partial charge in [0, 0.05) is 0 Å². The Balaban J connectivity index is 0.000000476. The van der Waals surface area contributed by atoms with E-state index < -0.39 is 0 Å². The minimum Gasteiger partial charge on any atom is -1.00 e. The molecule has 128 valence electrons. The van der Waals surface area contributed by atoms with Crippen LogP contribution in [0.4, 0.5) is 0 Å². The molecule has 0 nitrogen and oxygen atoms in total. The van der Waals surface area contributed by atoms with E-state index in [0.717, 1.165) is 12.8 Å². The minimum atomic E-state index is 0. The maximum atomic E-state index is 3.67. The van der Waals surface area contributed by atoms with Gasteiger partial charge in [-0.1, -0.05) is 54.5 Å². The predicted octanol–water partition coefficient (Wildman–Crippen LogP) is -0.537. The molecule has 2 aliphatic carbocycles. The molecule has 0 aliphatic heterocycles. The summed E-state index contributed by atoms with van der Waals surface area (Å²) in [5, 5.41) is 0. The molecule has 0 fully saturated rings. The fraction of sp³-hybridized carbons (Fsp3) is 0.227. The van der Waals surface area contributed by atoms with Crippen molar-refractivity contribution in [1.82, 2.24) is 0 Å². The van der Waals surface area contributed by atoms with Gasteiger partial charge < -0.3 is 24.8 Å². The quantitative estimate of drug-likeness (QED) is 0.440. The Hall–Kier alpha value is -0.747. The Morgan fingerprint density at radius 2 is 1.76 bits per heavy atom. The summed E-state index contributed by atoms with van der Waals surface area (Å²) >= 11 is 1.55. The molecule has 0 saturated carbocycles. The van der Waals surface area contributed by atoms with E-state index in [1.54, 1.807) is 24.2 Å². The summed E-state index contributed by atoms with van der Waals surface area (Å²) in [6.07, 6.45) is 8.64. The van der Waals surface area contributed by atoms with Crippen LogP contribution < -0.4 is 24.8 Å². The normalized spacial score (nSPS) is 12.8. The van der Waals surface area contributed by atoms with E-state index in [1.165, 1.54) is 42.2 Å². The van der Waals surface area contributed by atoms with Crippen molar-refractivity contribution in [2.75, 3.05) is 0 Å². The van der Waals surface area contributed by atoms with Crippen LogP contribution in [0.2, 0.25) is 0 Å². The van der Waals surface area contributed by atoms with Crippen LogP contribution in [0.1, 0.15) is 42.5 Å². The Morgan fingerprint density at radius 3 is 2.40 bits per heavy atom. The van der Waals surface area contributed by atoms with Crippen LogP contribution in [-0.4, -0.2) is 3.21 Å². The number of hydrogen-bond donors (Lipinski definition) is 0. The molecule has 0 heterocycles. The number of allylic oxidation sites excluding steroid dienone is 4. The molecule has 0 amide bonds. The third-order valence-electron chi connectivity index (χ3n) is 4.12. The number of hydrogen-bond acceptors (Lipinski definition) is 0. The molecular formula is C22H21Cl2Zr-. The largest absolute Gasteiger partial charge is 1.00 e. The zero-order chi connectivity index (χ0) is 16.4. The Bertz CT molecular complexity index is 828. The van der Waals surface area contributed by atoms with E-state index in [2.05, 4.69) is 75.4 Å². The van der Waals surface area contributed by atoms with Gasteiger partial charge in [-0.2, -0.15) is 0 Å². The molecule has 4 rings (SSSR count). The summed E-state index contributed by atoms with van der Waals surface area (Å²) in [6, 6.07) is 14.7. The Morgan fingerprint density at radius 1 is 1.08 bits per heavy atom. The van der Waals surface area contributed by atoms with E-state index in [4.69, 9.17) is 0 Å². The fourth-order valence-electron chi connectivity index (χ4n) is 3.17. The first-order chi connectivity index (χ1) is 11.1. The maximum Gasteiger partial charge on any atom is -0.0195 e. The van der Waals surface area contributed by atoms with E-state index in [1.807, 2.05) is 0 Å². The molecule has 2 aliphatic rings. The van der Waals surface area contributed by atoms with E-state index in [-0.39, 0.29) is 24.8 Å². The summed E-state index contributed by atoms with van der Waals surface area (Å²) in [7, 11) is 0. The fourth-order valence-corrected chi connectivity index (χ4v) is 3.17. The van der Waals surface area contributed by atoms with Crippen molar-refractivity contribution in [2.45, 2.75) is 33.6 Å². The molecule has 0 spiro atoms. The van der Waals surface area contributed by atoms with Gasteiger partial charge in [0.2, 0.25) is 0 Å². The van der Waals surface area contributed by atoms with Crippen molar-refractivity contribution in [3.05, 3.63) is 76.9 Å². The maximum absolute atomic E-state index is 3.67. The topological polar surface area (TPSA) is 0 Å². The van der Waals surface area contributed by atoms with E-state index in [0.29, 0.717) is 0 Å². The first-order valence-corrected chi connectivity index (χ1v) is 9.31. The van der Waals surface area contributed by atoms with Crippen LogP contribution in [0, 0.1) is 13.0 Å². The molecule has 2 aromatic carbocycles. The van der Waals surface area contributed by atoms with Crippen molar-refractivity contribution >= 4 is 8.78 Å². The molecule has 0 radical (unpaired) electrons. The van der Waals surface area contributed by atoms with E-state index in [9.17, 15) is 0 Å². The number of benzene rings is 2. The first kappa shape index (κ1) is 22.3. The third-order valence-corrected chi connectivity index (χ3v) is 4.12. The third kappa shape index (κ3) is 5.13. The first-order valence-electron chi connectivity index (χ1n) is 8.08. The smallest absolute Gasteiger partial charge is 0.0195 e. The second-order valence-electron chi connectivity index (χ2n) is 6.38. The molecule has 0 saturated heterocycles. The average molecular weight is 448 g/mol. The van der Waals surface area contributed by atoms with Gasteiger partial charge >= 0.3 is 41.3 Å². The second-order valence-corrected chi connectivity index (χ2v) is 8.84. The summed E-state index contributed by atoms with van der Waals surface area (Å²) in [4.78, 5) is 0. The van der Waals surface area contributed by atoms with Crippen molar-refractivity contribution in [3.8, 4) is 11.1 Å². The Labute approximate surface area is 178 Å². The van der Waals surface area contributed by atoms with Crippen LogP contribution in [-0.2, 0) is 30.7 Å². The van der Waals surface area contributed by atoms with Crippen molar-refractivity contribution in [3.63, 3.8) is 0 Å². The van der Waals surface area contributed by atoms with Gasteiger partial charge in [-0.15, -0.1) is 40.5 Å². The molecule has 0 aromatic heterocycles. The molecule has 0 unspecified atom stereocenters. The molecule has 2 aromatic rings. The number of halogens is 2. The van der Waals surface area contributed by atoms with Crippen LogP contribution in [0.25, 0.3) is 16.7 Å². The van der Waals surface area contributed by atoms with Crippen molar-refractivity contribution in [1.29, 1.82) is 0 Å². The molecule has 0 N–H and O–H groups in total. The van der Waals surface area contributed by atoms with Gasteiger partial charge in [-0.25, -0.2) is 0 Å². The molecule has 0 atom stereocenters. The van der Waals surface area contributed by atoms with Gasteiger partial charge in [-0.05, 0) is 18.4 Å². The van der Waals surface area contributed by atoms with Crippen molar-refractivity contribution in [2.24, 2.45) is 0 Å². The van der Waals surface area contributed by atoms with Gasteiger partial charge in [0.05, 0.1) is 0 Å². The number of rotatable bonds is 1. The summed E-state index contributed by atoms with van der Waals surface area (Å²) in [5.41, 5.74) is 9.60. The van der Waals surface area contributed by atoms with Gasteiger partial charge in [0.25, 0.3) is 0 Å². The average Bonchev–Trinajstić information content (AvgIpc) is 3.13. The zero-order valence-corrected chi connectivity index (χ0v) is 18.8. The monoisotopic (exact) mass is 445 g/mol. The standard InChI is InChI=1S/C19H15.C3H6.2ClH.Zr/c1-13-10-19-16(11-15-8-4-5-9-17(15)19)12-18(13)14-6-2-3-7-14;1-3-2;;;/h2-6,8-10H,7,11H2,1H3;1-2H3;2*1H;/q-1;;;;+2/p-2. The summed E-state index contributed by atoms with van der Waals surface area (Å²) < 4.78 is 1.51. The Kier molecular flexibility index (Phi) is 8.75. The molecule has 0 bridgehead atoms. The number of fused-ring (bicyclic) bond motifs is 3. The van der Waals surface area contributed by atoms with Crippen LogP contribution >= 0.6 is 0 Å². The summed E-state index contributed by atoms with van der Waals surface area (Å²) in [6.45, 7) is 6.45. The summed E-state index contributed by atoms with van der Waals surface area (Å²) in [5.74, 6) is 0. The van der Waals surface area contributed by atoms with Crippen LogP contribution in [0.5, 0.6) is 0 Å². The van der Waals surface area contributed by atoms with E-state index >= 15 is 0 Å². The van der Waals surface area contributed by atoms with Crippen LogP contribution in [0.15, 0.2) is 48.6 Å². The van der Waals surface area contributed by atoms with Gasteiger partial charge in [0.15, 0.2) is 0 Å². The molecule has 25 heavy (non-hydrogen) atoms. The predicted molar refractivity (Wildman–Crippen MR) is 96.3 cm³/mol. The van der Waals surface area contributed by atoms with Crippen molar-refractivity contribution < 1.29 is 49.0 Å². The number of aryl methyl sites for hydroxylation is 1. The molecular weight excluding hydrogens is 426 g/mol. The van der Waals surface area contributed by atoms with Crippen LogP contribution in [0.3, 0.4) is 0 Å². The zero-order valence-electron chi connectivity index (χ0n) is 14.8.